The molecule has 0 unspecified atom stereocenters. The Morgan fingerprint density at radius 3 is 1.69 bits per heavy atom. The third-order valence-corrected chi connectivity index (χ3v) is 5.84. The molecule has 0 saturated heterocycles. The number of benzene rings is 4. The third-order valence-electron chi connectivity index (χ3n) is 5.58. The van der Waals surface area contributed by atoms with E-state index in [0.29, 0.717) is 27.3 Å². The highest BCUT2D eigenvalue weighted by atomic mass is 35.5. The van der Waals surface area contributed by atoms with E-state index in [1.54, 1.807) is 38.1 Å². The number of hydrogen-bond acceptors (Lipinski definition) is 4. The van der Waals surface area contributed by atoms with Gasteiger partial charge < -0.3 is 9.47 Å². The number of carbonyl (C=O) groups excluding carboxylic acids is 2. The Labute approximate surface area is 210 Å². The normalized spacial score (nSPS) is 10.6. The summed E-state index contributed by atoms with van der Waals surface area (Å²) in [4.78, 5) is 26.1. The zero-order valence-electron chi connectivity index (χ0n) is 19.6. The molecule has 4 rings (SSSR count). The van der Waals surface area contributed by atoms with Crippen LogP contribution in [0.1, 0.15) is 34.6 Å². The molecule has 0 amide bonds. The lowest BCUT2D eigenvalue weighted by molar-refractivity contribution is 0.0513. The monoisotopic (exact) mass is 484 g/mol. The van der Waals surface area contributed by atoms with Crippen LogP contribution >= 0.6 is 11.6 Å². The molecule has 0 aliphatic rings. The van der Waals surface area contributed by atoms with E-state index in [1.165, 1.54) is 0 Å². The predicted octanol–water partition coefficient (Wildman–Crippen LogP) is 7.69. The summed E-state index contributed by atoms with van der Waals surface area (Å²) in [7, 11) is 0. The molecule has 0 heterocycles. The first-order valence-corrected chi connectivity index (χ1v) is 11.8. The standard InChI is InChI=1S/C30H25ClO4/c1-3-34-29(32)27-19-26(23-12-8-11-22(17-23)20-9-6-5-7-10-20)28(30(33)35-4-2)18-25(27)21-13-15-24(31)16-14-21/h5-19H,3-4H2,1-2H3. The van der Waals surface area contributed by atoms with Crippen molar-refractivity contribution in [3.63, 3.8) is 0 Å². The highest BCUT2D eigenvalue weighted by Crippen LogP contribution is 2.35. The molecule has 4 aromatic carbocycles. The molecule has 0 aliphatic carbocycles. The minimum absolute atomic E-state index is 0.233. The van der Waals surface area contributed by atoms with Gasteiger partial charge in [0.05, 0.1) is 24.3 Å². The lowest BCUT2D eigenvalue weighted by Crippen LogP contribution is -2.11. The van der Waals surface area contributed by atoms with Crippen molar-refractivity contribution in [1.29, 1.82) is 0 Å². The molecule has 0 fully saturated rings. The predicted molar refractivity (Wildman–Crippen MR) is 140 cm³/mol. The zero-order chi connectivity index (χ0) is 24.8. The SMILES string of the molecule is CCOC(=O)c1cc(-c2cccc(-c3ccccc3)c2)c(C(=O)OCC)cc1-c1ccc(Cl)cc1. The summed E-state index contributed by atoms with van der Waals surface area (Å²) in [6, 6.07) is 28.4. The van der Waals surface area contributed by atoms with Crippen molar-refractivity contribution in [1.82, 2.24) is 0 Å². The fourth-order valence-electron chi connectivity index (χ4n) is 3.96. The quantitative estimate of drug-likeness (QED) is 0.252. The smallest absolute Gasteiger partial charge is 0.338 e. The van der Waals surface area contributed by atoms with Gasteiger partial charge in [-0.15, -0.1) is 0 Å². The summed E-state index contributed by atoms with van der Waals surface area (Å²) >= 11 is 6.08. The fourth-order valence-corrected chi connectivity index (χ4v) is 4.09. The summed E-state index contributed by atoms with van der Waals surface area (Å²) in [5.41, 5.74) is 5.49. The van der Waals surface area contributed by atoms with Crippen LogP contribution in [-0.4, -0.2) is 25.2 Å². The molecular formula is C30H25ClO4. The van der Waals surface area contributed by atoms with E-state index in [9.17, 15) is 9.59 Å². The van der Waals surface area contributed by atoms with Crippen LogP contribution in [-0.2, 0) is 9.47 Å². The molecule has 0 aromatic heterocycles. The van der Waals surface area contributed by atoms with Crippen LogP contribution in [0.4, 0.5) is 0 Å². The van der Waals surface area contributed by atoms with Gasteiger partial charge in [0.2, 0.25) is 0 Å². The average molecular weight is 485 g/mol. The van der Waals surface area contributed by atoms with Crippen molar-refractivity contribution < 1.29 is 19.1 Å². The van der Waals surface area contributed by atoms with Gasteiger partial charge in [-0.3, -0.25) is 0 Å². The van der Waals surface area contributed by atoms with Crippen LogP contribution in [0, 0.1) is 0 Å². The molecule has 4 aromatic rings. The van der Waals surface area contributed by atoms with E-state index in [4.69, 9.17) is 21.1 Å². The first-order valence-electron chi connectivity index (χ1n) is 11.5. The van der Waals surface area contributed by atoms with E-state index in [1.807, 2.05) is 66.7 Å². The molecular weight excluding hydrogens is 460 g/mol. The Morgan fingerprint density at radius 2 is 1.11 bits per heavy atom. The average Bonchev–Trinajstić information content (AvgIpc) is 2.89. The number of ether oxygens (including phenoxy) is 2. The van der Waals surface area contributed by atoms with Gasteiger partial charge in [-0.25, -0.2) is 9.59 Å². The van der Waals surface area contributed by atoms with E-state index >= 15 is 0 Å². The molecule has 5 heteroatoms. The number of carbonyl (C=O) groups is 2. The van der Waals surface area contributed by atoms with Crippen LogP contribution in [0.5, 0.6) is 0 Å². The minimum Gasteiger partial charge on any atom is -0.462 e. The largest absolute Gasteiger partial charge is 0.462 e. The fraction of sp³-hybridized carbons (Fsp3) is 0.133. The number of esters is 2. The molecule has 0 bridgehead atoms. The van der Waals surface area contributed by atoms with Crippen LogP contribution < -0.4 is 0 Å². The molecule has 0 aliphatic heterocycles. The van der Waals surface area contributed by atoms with Crippen molar-refractivity contribution >= 4 is 23.5 Å². The molecule has 35 heavy (non-hydrogen) atoms. The van der Waals surface area contributed by atoms with Crippen molar-refractivity contribution in [2.45, 2.75) is 13.8 Å². The lowest BCUT2D eigenvalue weighted by Gasteiger charge is -2.16. The van der Waals surface area contributed by atoms with E-state index < -0.39 is 11.9 Å². The minimum atomic E-state index is -0.465. The van der Waals surface area contributed by atoms with Gasteiger partial charge in [0, 0.05) is 5.02 Å². The zero-order valence-corrected chi connectivity index (χ0v) is 20.3. The van der Waals surface area contributed by atoms with Crippen LogP contribution in [0.3, 0.4) is 0 Å². The lowest BCUT2D eigenvalue weighted by atomic mass is 9.89. The highest BCUT2D eigenvalue weighted by molar-refractivity contribution is 6.30. The number of rotatable bonds is 7. The van der Waals surface area contributed by atoms with Crippen LogP contribution in [0.2, 0.25) is 5.02 Å². The Kier molecular flexibility index (Phi) is 7.64. The Bertz CT molecular complexity index is 1340. The second-order valence-corrected chi connectivity index (χ2v) is 8.27. The molecule has 4 nitrogen and oxygen atoms in total. The summed E-state index contributed by atoms with van der Waals surface area (Å²) in [5, 5.41) is 0.575. The van der Waals surface area contributed by atoms with E-state index in [0.717, 1.165) is 22.3 Å². The number of halogens is 1. The van der Waals surface area contributed by atoms with Gasteiger partial charge in [-0.2, -0.15) is 0 Å². The van der Waals surface area contributed by atoms with Crippen LogP contribution in [0.15, 0.2) is 91.0 Å². The van der Waals surface area contributed by atoms with Crippen molar-refractivity contribution in [2.24, 2.45) is 0 Å². The summed E-state index contributed by atoms with van der Waals surface area (Å²) < 4.78 is 10.8. The summed E-state index contributed by atoms with van der Waals surface area (Å²) in [6.07, 6.45) is 0. The summed E-state index contributed by atoms with van der Waals surface area (Å²) in [6.45, 7) is 3.99. The topological polar surface area (TPSA) is 52.6 Å². The van der Waals surface area contributed by atoms with E-state index in [-0.39, 0.29) is 13.2 Å². The van der Waals surface area contributed by atoms with Crippen molar-refractivity contribution in [2.75, 3.05) is 13.2 Å². The first-order chi connectivity index (χ1) is 17.0. The van der Waals surface area contributed by atoms with Crippen molar-refractivity contribution in [3.05, 3.63) is 107 Å². The summed E-state index contributed by atoms with van der Waals surface area (Å²) in [5.74, 6) is -0.924. The molecule has 0 saturated carbocycles. The molecule has 176 valence electrons. The second kappa shape index (κ2) is 11.0. The van der Waals surface area contributed by atoms with E-state index in [2.05, 4.69) is 0 Å². The second-order valence-electron chi connectivity index (χ2n) is 7.84. The molecule has 0 atom stereocenters. The maximum Gasteiger partial charge on any atom is 0.338 e. The Balaban J connectivity index is 1.95. The molecule has 0 spiro atoms. The Morgan fingerprint density at radius 1 is 0.600 bits per heavy atom. The first kappa shape index (κ1) is 24.2. The number of hydrogen-bond donors (Lipinski definition) is 0. The van der Waals surface area contributed by atoms with Gasteiger partial charge >= 0.3 is 11.9 Å². The van der Waals surface area contributed by atoms with Gasteiger partial charge in [-0.1, -0.05) is 72.3 Å². The van der Waals surface area contributed by atoms with Gasteiger partial charge in [0.15, 0.2) is 0 Å². The molecule has 0 radical (unpaired) electrons. The van der Waals surface area contributed by atoms with Crippen LogP contribution in [0.25, 0.3) is 33.4 Å². The van der Waals surface area contributed by atoms with Gasteiger partial charge in [-0.05, 0) is 77.6 Å². The maximum absolute atomic E-state index is 13.1. The van der Waals surface area contributed by atoms with Crippen molar-refractivity contribution in [3.8, 4) is 33.4 Å². The highest BCUT2D eigenvalue weighted by Gasteiger charge is 2.23. The third kappa shape index (κ3) is 5.44. The Hall–Kier alpha value is -3.89. The molecule has 0 N–H and O–H groups in total. The van der Waals surface area contributed by atoms with Gasteiger partial charge in [0.25, 0.3) is 0 Å². The van der Waals surface area contributed by atoms with Gasteiger partial charge in [0.1, 0.15) is 0 Å². The maximum atomic E-state index is 13.1.